The Balaban J connectivity index is 1.99. The Kier molecular flexibility index (Phi) is 10.1. The van der Waals surface area contributed by atoms with E-state index in [4.69, 9.17) is 4.74 Å². The van der Waals surface area contributed by atoms with Crippen LogP contribution >= 0.6 is 0 Å². The zero-order chi connectivity index (χ0) is 28.6. The predicted molar refractivity (Wildman–Crippen MR) is 148 cm³/mol. The van der Waals surface area contributed by atoms with Gasteiger partial charge in [0, 0.05) is 12.6 Å². The SMILES string of the molecule is CCOc1ccc(S(=O)(=O)N(CC(=O)N(Cc2ccc(F)cc2)[C@@H](C)C(=O)NC(C)C)c2ccccc2)cc1. The van der Waals surface area contributed by atoms with Crippen molar-refractivity contribution >= 4 is 27.5 Å². The minimum absolute atomic E-state index is 0.0155. The highest BCUT2D eigenvalue weighted by atomic mass is 32.2. The first-order valence-electron chi connectivity index (χ1n) is 12.7. The second kappa shape index (κ2) is 13.2. The molecule has 39 heavy (non-hydrogen) atoms. The number of hydrogen-bond donors (Lipinski definition) is 1. The molecule has 2 amide bonds. The number of amides is 2. The molecule has 0 spiro atoms. The largest absolute Gasteiger partial charge is 0.494 e. The van der Waals surface area contributed by atoms with Crippen LogP contribution in [0.5, 0.6) is 5.75 Å². The quantitative estimate of drug-likeness (QED) is 0.358. The highest BCUT2D eigenvalue weighted by molar-refractivity contribution is 7.92. The summed E-state index contributed by atoms with van der Waals surface area (Å²) in [4.78, 5) is 28.0. The van der Waals surface area contributed by atoms with Crippen LogP contribution in [0.3, 0.4) is 0 Å². The Labute approximate surface area is 229 Å². The zero-order valence-electron chi connectivity index (χ0n) is 22.5. The van der Waals surface area contributed by atoms with Gasteiger partial charge in [0.05, 0.1) is 17.2 Å². The molecule has 1 N–H and O–H groups in total. The van der Waals surface area contributed by atoms with Gasteiger partial charge in [0.2, 0.25) is 11.8 Å². The lowest BCUT2D eigenvalue weighted by Gasteiger charge is -2.32. The number of rotatable bonds is 12. The lowest BCUT2D eigenvalue weighted by Crippen LogP contribution is -2.52. The fourth-order valence-electron chi connectivity index (χ4n) is 3.90. The van der Waals surface area contributed by atoms with E-state index in [1.165, 1.54) is 41.3 Å². The van der Waals surface area contributed by atoms with Crippen LogP contribution in [0.25, 0.3) is 0 Å². The minimum atomic E-state index is -4.18. The molecule has 0 aliphatic rings. The molecule has 0 aliphatic heterocycles. The van der Waals surface area contributed by atoms with Gasteiger partial charge in [-0.1, -0.05) is 30.3 Å². The molecule has 0 aromatic heterocycles. The summed E-state index contributed by atoms with van der Waals surface area (Å²) in [7, 11) is -4.18. The summed E-state index contributed by atoms with van der Waals surface area (Å²) < 4.78 is 47.6. The molecule has 0 saturated heterocycles. The molecule has 0 aliphatic carbocycles. The molecule has 3 aromatic carbocycles. The van der Waals surface area contributed by atoms with Crippen molar-refractivity contribution < 1.29 is 27.1 Å². The maximum absolute atomic E-state index is 13.8. The van der Waals surface area contributed by atoms with Crippen LogP contribution < -0.4 is 14.4 Å². The van der Waals surface area contributed by atoms with Crippen LogP contribution in [0.1, 0.15) is 33.3 Å². The molecule has 0 saturated carbocycles. The third-order valence-electron chi connectivity index (χ3n) is 5.91. The number of ether oxygens (including phenoxy) is 1. The molecule has 3 rings (SSSR count). The number of carbonyl (C=O) groups is 2. The maximum atomic E-state index is 13.8. The van der Waals surface area contributed by atoms with Crippen LogP contribution in [0.15, 0.2) is 83.8 Å². The highest BCUT2D eigenvalue weighted by Gasteiger charge is 2.32. The molecule has 0 heterocycles. The number of carbonyl (C=O) groups excluding carboxylic acids is 2. The normalized spacial score (nSPS) is 12.1. The highest BCUT2D eigenvalue weighted by Crippen LogP contribution is 2.26. The third-order valence-corrected chi connectivity index (χ3v) is 7.70. The summed E-state index contributed by atoms with van der Waals surface area (Å²) in [6.45, 7) is 6.87. The van der Waals surface area contributed by atoms with Crippen LogP contribution in [0.2, 0.25) is 0 Å². The number of halogens is 1. The molecule has 0 bridgehead atoms. The summed E-state index contributed by atoms with van der Waals surface area (Å²) in [5, 5.41) is 2.79. The summed E-state index contributed by atoms with van der Waals surface area (Å²) in [5.41, 5.74) is 0.885. The van der Waals surface area contributed by atoms with Gasteiger partial charge in [-0.3, -0.25) is 13.9 Å². The fraction of sp³-hybridized carbons (Fsp3) is 0.310. The average Bonchev–Trinajstić information content (AvgIpc) is 2.91. The van der Waals surface area contributed by atoms with Gasteiger partial charge in [0.1, 0.15) is 24.2 Å². The van der Waals surface area contributed by atoms with Crippen molar-refractivity contribution in [2.24, 2.45) is 0 Å². The first-order chi connectivity index (χ1) is 18.5. The van der Waals surface area contributed by atoms with Crippen molar-refractivity contribution in [1.82, 2.24) is 10.2 Å². The Hall–Kier alpha value is -3.92. The molecule has 208 valence electrons. The molecule has 8 nitrogen and oxygen atoms in total. The van der Waals surface area contributed by atoms with Crippen LogP contribution in [0, 0.1) is 5.82 Å². The van der Waals surface area contributed by atoms with Gasteiger partial charge in [0.15, 0.2) is 0 Å². The third kappa shape index (κ3) is 7.79. The maximum Gasteiger partial charge on any atom is 0.264 e. The standard InChI is InChI=1S/C29H34FN3O5S/c1-5-38-26-15-17-27(18-16-26)39(36,37)33(25-9-7-6-8-10-25)20-28(34)32(22(4)29(35)31-21(2)3)19-23-11-13-24(30)14-12-23/h6-18,21-22H,5,19-20H2,1-4H3,(H,31,35)/t22-/m0/s1. The Morgan fingerprint density at radius 3 is 2.10 bits per heavy atom. The van der Waals surface area contributed by atoms with Crippen LogP contribution in [0.4, 0.5) is 10.1 Å². The topological polar surface area (TPSA) is 96.0 Å². The lowest BCUT2D eigenvalue weighted by molar-refractivity contribution is -0.139. The molecule has 3 aromatic rings. The summed E-state index contributed by atoms with van der Waals surface area (Å²) in [5.74, 6) is -0.890. The van der Waals surface area contributed by atoms with E-state index in [-0.39, 0.29) is 23.4 Å². The second-order valence-corrected chi connectivity index (χ2v) is 11.1. The van der Waals surface area contributed by atoms with Crippen molar-refractivity contribution in [2.75, 3.05) is 17.5 Å². The van der Waals surface area contributed by atoms with E-state index < -0.39 is 34.3 Å². The van der Waals surface area contributed by atoms with Crippen molar-refractivity contribution in [3.63, 3.8) is 0 Å². The van der Waals surface area contributed by atoms with E-state index in [1.54, 1.807) is 63.2 Å². The van der Waals surface area contributed by atoms with Gasteiger partial charge in [-0.25, -0.2) is 12.8 Å². The van der Waals surface area contributed by atoms with Crippen molar-refractivity contribution in [3.05, 3.63) is 90.2 Å². The van der Waals surface area contributed by atoms with Gasteiger partial charge in [-0.15, -0.1) is 0 Å². The Morgan fingerprint density at radius 1 is 0.923 bits per heavy atom. The van der Waals surface area contributed by atoms with Crippen LogP contribution in [-0.4, -0.2) is 50.4 Å². The number of nitrogens with one attached hydrogen (secondary N) is 1. The molecule has 1 atom stereocenters. The first-order valence-corrected chi connectivity index (χ1v) is 14.1. The van der Waals surface area contributed by atoms with Crippen molar-refractivity contribution in [3.8, 4) is 5.75 Å². The monoisotopic (exact) mass is 555 g/mol. The van der Waals surface area contributed by atoms with E-state index in [0.717, 1.165) is 4.31 Å². The number of benzene rings is 3. The van der Waals surface area contributed by atoms with Crippen LogP contribution in [-0.2, 0) is 26.2 Å². The van der Waals surface area contributed by atoms with E-state index in [1.807, 2.05) is 6.92 Å². The van der Waals surface area contributed by atoms with Gasteiger partial charge in [-0.05, 0) is 81.8 Å². The molecule has 0 radical (unpaired) electrons. The van der Waals surface area contributed by atoms with Gasteiger partial charge in [0.25, 0.3) is 10.0 Å². The number of anilines is 1. The Morgan fingerprint density at radius 2 is 1.54 bits per heavy atom. The number of sulfonamides is 1. The van der Waals surface area contributed by atoms with Gasteiger partial charge >= 0.3 is 0 Å². The number of nitrogens with zero attached hydrogens (tertiary/aromatic N) is 2. The predicted octanol–water partition coefficient (Wildman–Crippen LogP) is 4.36. The number of para-hydroxylation sites is 1. The van der Waals surface area contributed by atoms with Gasteiger partial charge in [-0.2, -0.15) is 0 Å². The molecule has 10 heteroatoms. The van der Waals surface area contributed by atoms with Gasteiger partial charge < -0.3 is 15.0 Å². The average molecular weight is 556 g/mol. The minimum Gasteiger partial charge on any atom is -0.494 e. The molecule has 0 unspecified atom stereocenters. The summed E-state index contributed by atoms with van der Waals surface area (Å²) in [6, 6.07) is 18.7. The first kappa shape index (κ1) is 29.6. The second-order valence-electron chi connectivity index (χ2n) is 9.24. The van der Waals surface area contributed by atoms with E-state index >= 15 is 0 Å². The summed E-state index contributed by atoms with van der Waals surface area (Å²) in [6.07, 6.45) is 0. The number of hydrogen-bond acceptors (Lipinski definition) is 5. The van der Waals surface area contributed by atoms with E-state index in [0.29, 0.717) is 23.6 Å². The zero-order valence-corrected chi connectivity index (χ0v) is 23.3. The molecular formula is C29H34FN3O5S. The molecular weight excluding hydrogens is 521 g/mol. The summed E-state index contributed by atoms with van der Waals surface area (Å²) >= 11 is 0. The van der Waals surface area contributed by atoms with E-state index in [9.17, 15) is 22.4 Å². The molecule has 0 fully saturated rings. The van der Waals surface area contributed by atoms with E-state index in [2.05, 4.69) is 5.32 Å². The fourth-order valence-corrected chi connectivity index (χ4v) is 5.31. The lowest BCUT2D eigenvalue weighted by atomic mass is 10.1. The van der Waals surface area contributed by atoms with Crippen molar-refractivity contribution in [2.45, 2.75) is 51.2 Å². The smallest absolute Gasteiger partial charge is 0.264 e. The van der Waals surface area contributed by atoms with Crippen molar-refractivity contribution in [1.29, 1.82) is 0 Å². The Bertz CT molecular complexity index is 1350.